The average Bonchev–Trinajstić information content (AvgIpc) is 4.21. The summed E-state index contributed by atoms with van der Waals surface area (Å²) in [5, 5.41) is 20.2. The van der Waals surface area contributed by atoms with Crippen molar-refractivity contribution in [3.8, 4) is 22.5 Å². The van der Waals surface area contributed by atoms with Crippen molar-refractivity contribution in [2.75, 3.05) is 7.15 Å². The molecule has 6 heterocycles. The number of H-pyrrole nitrogens is 1. The number of nitrogens with one attached hydrogen (secondary N) is 1. The third-order valence-corrected chi connectivity index (χ3v) is 12.4. The van der Waals surface area contributed by atoms with Crippen molar-refractivity contribution in [1.29, 1.82) is 0 Å². The molecule has 0 saturated carbocycles. The van der Waals surface area contributed by atoms with Crippen molar-refractivity contribution in [3.63, 3.8) is 0 Å². The van der Waals surface area contributed by atoms with Gasteiger partial charge >= 0.3 is 103 Å². The first-order chi connectivity index (χ1) is 34.1. The van der Waals surface area contributed by atoms with Gasteiger partial charge in [-0.05, 0) is 79.8 Å². The summed E-state index contributed by atoms with van der Waals surface area (Å²) in [6.45, 7) is 8.86. The van der Waals surface area contributed by atoms with Crippen LogP contribution in [0.5, 0.6) is 0 Å². The van der Waals surface area contributed by atoms with Gasteiger partial charge < -0.3 is 21.1 Å². The minimum atomic E-state index is -1.00. The van der Waals surface area contributed by atoms with E-state index in [4.69, 9.17) is 21.4 Å². The third kappa shape index (κ3) is 18.4. The average molecular weight is 1110 g/mol. The molecule has 0 spiro atoms. The Morgan fingerprint density at radius 1 is 0.718 bits per heavy atom. The molecule has 71 heavy (non-hydrogen) atoms. The SMILES string of the molecule is BrCc1ccccc1.Cc1cc(C)n2nc(SCc3nc(-c4ccccc4)cn3Cc3ccccc3)nc2c1.Cc1cc(C)n2nc(SCc3ncc(-c4ccccc4)[nH]3)nc2c1.O=CO[O-].[2H]CF.[H-].[K+].[K+]. The van der Waals surface area contributed by atoms with Crippen LogP contribution in [0.15, 0.2) is 168 Å². The van der Waals surface area contributed by atoms with Gasteiger partial charge in [0.15, 0.2) is 11.3 Å². The van der Waals surface area contributed by atoms with Gasteiger partial charge in [0.05, 0.1) is 37.6 Å². The molecule has 10 rings (SSSR count). The number of aromatic nitrogens is 10. The molecule has 10 aromatic rings. The van der Waals surface area contributed by atoms with Gasteiger partial charge in [-0.3, -0.25) is 9.18 Å². The van der Waals surface area contributed by atoms with E-state index in [-0.39, 0.29) is 111 Å². The number of fused-ring (bicyclic) bond motifs is 2. The van der Waals surface area contributed by atoms with E-state index < -0.39 is 7.15 Å². The van der Waals surface area contributed by atoms with Crippen LogP contribution in [0.2, 0.25) is 0 Å². The Morgan fingerprint density at radius 3 is 1.66 bits per heavy atom. The van der Waals surface area contributed by atoms with Gasteiger partial charge in [-0.1, -0.05) is 161 Å². The zero-order valence-corrected chi connectivity index (χ0v) is 49.9. The van der Waals surface area contributed by atoms with Crippen LogP contribution >= 0.6 is 39.5 Å². The van der Waals surface area contributed by atoms with Gasteiger partial charge in [-0.25, -0.2) is 29.0 Å². The summed E-state index contributed by atoms with van der Waals surface area (Å²) in [6.07, 6.45) is 4.01. The van der Waals surface area contributed by atoms with Crippen molar-refractivity contribution in [1.82, 2.24) is 48.7 Å². The van der Waals surface area contributed by atoms with E-state index in [1.165, 1.54) is 22.3 Å². The first kappa shape index (κ1) is 58.2. The molecule has 13 nitrogen and oxygen atoms in total. The molecule has 1 N–H and O–H groups in total. The summed E-state index contributed by atoms with van der Waals surface area (Å²) in [5.41, 5.74) is 13.2. The van der Waals surface area contributed by atoms with Crippen LogP contribution in [0.4, 0.5) is 4.39 Å². The van der Waals surface area contributed by atoms with Crippen LogP contribution in [-0.4, -0.2) is 62.3 Å². The number of carbonyl (C=O) groups is 1. The molecule has 19 heteroatoms. The van der Waals surface area contributed by atoms with Crippen molar-refractivity contribution in [2.24, 2.45) is 0 Å². The molecule has 0 bridgehead atoms. The standard InChI is InChI=1S/C25H23N5S.C18H17N5S.C7H7Br.CH3F.CH2O3.2K.H/c1-18-13-19(2)30-23(14-18)27-25(28-30)31-17-24-26-22(21-11-7-4-8-12-21)16-29(24)15-20-9-5-3-6-10-20;1-12-8-13(2)23-17(9-12)21-18(22-23)24-11-16-19-10-15(20-16)14-6-4-3-5-7-14;8-6-7-4-2-1-3-5-7;1-2;2-1-4-3;;;/h3-14,16H,15,17H2,1-2H3;3-10H,11H2,1-2H3,(H,19,20);1-5H,6H2;1H3;1,3H;;;/q;;;;;2*+1;-1/p-1/i;;;1D;;;;. The number of rotatable bonds is 12. The molecule has 0 amide bonds. The number of carbonyl (C=O) groups excluding carboxylic acids is 1. The zero-order chi connectivity index (χ0) is 49.7. The summed E-state index contributed by atoms with van der Waals surface area (Å²) in [6, 6.07) is 49.6. The summed E-state index contributed by atoms with van der Waals surface area (Å²) >= 11 is 6.56. The third-order valence-electron chi connectivity index (χ3n) is 10.0. The van der Waals surface area contributed by atoms with E-state index in [0.717, 1.165) is 79.0 Å². The van der Waals surface area contributed by atoms with E-state index in [1.54, 1.807) is 23.5 Å². The number of halogens is 2. The normalized spacial score (nSPS) is 10.3. The fraction of sp³-hybridized carbons (Fsp3) is 0.173. The molecule has 0 aliphatic heterocycles. The smallest absolute Gasteiger partial charge is 1.00 e. The Bertz CT molecular complexity index is 3160. The minimum absolute atomic E-state index is 0. The number of thioether (sulfide) groups is 2. The van der Waals surface area contributed by atoms with Crippen LogP contribution in [-0.2, 0) is 33.1 Å². The monoisotopic (exact) mass is 1110 g/mol. The second-order valence-electron chi connectivity index (χ2n) is 15.2. The molecule has 0 aliphatic carbocycles. The summed E-state index contributed by atoms with van der Waals surface area (Å²) in [4.78, 5) is 33.3. The molecule has 0 radical (unpaired) electrons. The van der Waals surface area contributed by atoms with Crippen molar-refractivity contribution in [3.05, 3.63) is 203 Å². The van der Waals surface area contributed by atoms with Gasteiger partial charge in [0.25, 0.3) is 6.47 Å². The largest absolute Gasteiger partial charge is 1.00 e. The number of hydrogen-bond donors (Lipinski definition) is 1. The summed E-state index contributed by atoms with van der Waals surface area (Å²) in [5.74, 6) is 3.35. The van der Waals surface area contributed by atoms with Crippen LogP contribution in [0, 0.1) is 27.7 Å². The number of pyridine rings is 2. The Kier molecular flexibility index (Phi) is 26.1. The number of benzene rings is 4. The molecule has 0 saturated heterocycles. The second-order valence-corrected chi connectivity index (χ2v) is 17.6. The molecular formula is C52H52BrFK2N10O3S2. The number of alkyl halides is 2. The molecule has 0 fully saturated rings. The Labute approximate surface area is 518 Å². The first-order valence-electron chi connectivity index (χ1n) is 22.2. The number of imidazole rings is 2. The molecule has 0 aliphatic rings. The van der Waals surface area contributed by atoms with Crippen molar-refractivity contribution < 1.29 is 125 Å². The minimum Gasteiger partial charge on any atom is -1.00 e. The second kappa shape index (κ2) is 31.8. The topological polar surface area (TPSA) is 156 Å². The van der Waals surface area contributed by atoms with E-state index in [0.29, 0.717) is 11.5 Å². The summed E-state index contributed by atoms with van der Waals surface area (Å²) in [7, 11) is -1.00. The Morgan fingerprint density at radius 2 is 1.18 bits per heavy atom. The predicted molar refractivity (Wildman–Crippen MR) is 276 cm³/mol. The van der Waals surface area contributed by atoms with Gasteiger partial charge in [0, 0.05) is 35.0 Å². The maximum atomic E-state index is 9.96. The number of hydrogen-bond acceptors (Lipinski definition) is 11. The molecular weight excluding hydrogens is 1050 g/mol. The predicted octanol–water partition coefficient (Wildman–Crippen LogP) is 5.30. The van der Waals surface area contributed by atoms with Gasteiger partial charge in [-0.2, -0.15) is 0 Å². The molecule has 6 aromatic heterocycles. The zero-order valence-electron chi connectivity index (χ0n) is 42.4. The fourth-order valence-electron chi connectivity index (χ4n) is 6.97. The van der Waals surface area contributed by atoms with Gasteiger partial charge in [-0.15, -0.1) is 10.2 Å². The van der Waals surface area contributed by atoms with Crippen LogP contribution < -0.4 is 108 Å². The quantitative estimate of drug-likeness (QED) is 0.0423. The Hall–Kier alpha value is -3.65. The van der Waals surface area contributed by atoms with E-state index in [2.05, 4.69) is 156 Å². The van der Waals surface area contributed by atoms with E-state index >= 15 is 0 Å². The molecule has 356 valence electrons. The van der Waals surface area contributed by atoms with Gasteiger partial charge in [0.2, 0.25) is 10.3 Å². The molecule has 0 unspecified atom stereocenters. The van der Waals surface area contributed by atoms with Crippen molar-refractivity contribution >= 4 is 57.2 Å². The Balaban J connectivity index is 0.000000296. The van der Waals surface area contributed by atoms with E-state index in [9.17, 15) is 4.39 Å². The number of nitrogens with zero attached hydrogens (tertiary/aromatic N) is 9. The van der Waals surface area contributed by atoms with Gasteiger partial charge in [0.1, 0.15) is 11.6 Å². The molecule has 0 atom stereocenters. The van der Waals surface area contributed by atoms with Crippen LogP contribution in [0.3, 0.4) is 0 Å². The first-order valence-corrected chi connectivity index (χ1v) is 24.6. The van der Waals surface area contributed by atoms with Crippen LogP contribution in [0.25, 0.3) is 33.8 Å². The number of aromatic amines is 1. The van der Waals surface area contributed by atoms with Crippen molar-refractivity contribution in [2.45, 2.75) is 61.4 Å². The molecule has 4 aromatic carbocycles. The fourth-order valence-corrected chi connectivity index (χ4v) is 8.84. The maximum absolute atomic E-state index is 9.96. The summed E-state index contributed by atoms with van der Waals surface area (Å²) < 4.78 is 21.5. The number of aryl methyl sites for hydroxylation is 4. The van der Waals surface area contributed by atoms with Crippen LogP contribution in [0.1, 0.15) is 48.1 Å². The van der Waals surface area contributed by atoms with E-state index in [1.807, 2.05) is 88.9 Å². The maximum Gasteiger partial charge on any atom is 1.00 e.